The maximum atomic E-state index is 13.0. The molecule has 8 N–H and O–H groups in total. The van der Waals surface area contributed by atoms with Crippen LogP contribution < -0.4 is 31.1 Å². The molecule has 2 aliphatic rings. The van der Waals surface area contributed by atoms with E-state index in [9.17, 15) is 9.59 Å². The van der Waals surface area contributed by atoms with E-state index in [0.717, 1.165) is 63.8 Å². The number of aromatic amines is 4. The zero-order chi connectivity index (χ0) is 48.4. The smallest absolute Gasteiger partial charge is 0.324 e. The van der Waals surface area contributed by atoms with Gasteiger partial charge in [0.2, 0.25) is 0 Å². The van der Waals surface area contributed by atoms with E-state index >= 15 is 0 Å². The van der Waals surface area contributed by atoms with Crippen molar-refractivity contribution in [3.05, 3.63) is 128 Å². The van der Waals surface area contributed by atoms with Gasteiger partial charge in [0.1, 0.15) is 47.7 Å². The molecule has 23 heteroatoms. The van der Waals surface area contributed by atoms with Crippen LogP contribution >= 0.6 is 0 Å². The van der Waals surface area contributed by atoms with E-state index in [0.29, 0.717) is 89.9 Å². The fraction of sp³-hybridized carbons (Fsp3) is 0.163. The van der Waals surface area contributed by atoms with Crippen molar-refractivity contribution in [1.29, 1.82) is 0 Å². The molecule has 4 amide bonds. The Bertz CT molecular complexity index is 3530. The van der Waals surface area contributed by atoms with Crippen LogP contribution in [0, 0.1) is 0 Å². The summed E-state index contributed by atoms with van der Waals surface area (Å²) in [6.45, 7) is 4.37. The van der Waals surface area contributed by atoms with Crippen LogP contribution in [-0.2, 0) is 9.47 Å². The number of ether oxygens (including phenoxy) is 2. The summed E-state index contributed by atoms with van der Waals surface area (Å²) in [5.74, 6) is 3.07. The van der Waals surface area contributed by atoms with Crippen LogP contribution in [0.3, 0.4) is 0 Å². The second kappa shape index (κ2) is 19.1. The van der Waals surface area contributed by atoms with Gasteiger partial charge < -0.3 is 39.9 Å². The van der Waals surface area contributed by atoms with E-state index in [1.54, 1.807) is 49.2 Å². The second-order valence-corrected chi connectivity index (χ2v) is 16.9. The standard InChI is InChI=1S/C49H43N19O4/c69-48(59-40-21-37(63-65-40)30-2-1-13-50-23-30)56-32-8-3-28(4-9-32)36-20-34-44(58-36)52-26-54-46(34)68-16-19-72-39(25-68)35-12-7-31(24-51-35)38-22-41(66-64-38)60-49(70)57-33-10-5-29(6-11-33)43-61-42-45(62-43)53-27-55-47(42)67-14-17-71-18-15-67/h1-13,20-24,26-27,39H,14-19,25H2,(H,52,54,58)(H,53,55,61,62)(H3,56,59,63,65,69)(H3,57,60,64,66,70). The third kappa shape index (κ3) is 9.17. The number of rotatable bonds is 11. The average Bonchev–Trinajstić information content (AvgIpc) is 4.27. The van der Waals surface area contributed by atoms with Gasteiger partial charge in [-0.25, -0.2) is 34.5 Å². The minimum absolute atomic E-state index is 0.319. The van der Waals surface area contributed by atoms with Gasteiger partial charge in [0.05, 0.1) is 48.8 Å². The maximum absolute atomic E-state index is 13.0. The van der Waals surface area contributed by atoms with Crippen molar-refractivity contribution in [1.82, 2.24) is 65.3 Å². The minimum Gasteiger partial charge on any atom is -0.378 e. The molecule has 0 spiro atoms. The first-order valence-corrected chi connectivity index (χ1v) is 23.0. The lowest BCUT2D eigenvalue weighted by Gasteiger charge is -2.33. The van der Waals surface area contributed by atoms with Crippen LogP contribution in [0.4, 0.5) is 44.2 Å². The highest BCUT2D eigenvalue weighted by Gasteiger charge is 2.27. The molecule has 2 aliphatic heterocycles. The summed E-state index contributed by atoms with van der Waals surface area (Å²) in [5.41, 5.74) is 9.47. The number of pyridine rings is 2. The normalized spacial score (nSPS) is 14.9. The summed E-state index contributed by atoms with van der Waals surface area (Å²) in [5, 5.41) is 26.6. The number of hydrogen-bond donors (Lipinski definition) is 8. The van der Waals surface area contributed by atoms with Crippen molar-refractivity contribution in [3.8, 4) is 45.2 Å². The molecule has 2 saturated heterocycles. The number of fused-ring (bicyclic) bond motifs is 2. The van der Waals surface area contributed by atoms with Crippen molar-refractivity contribution < 1.29 is 19.1 Å². The lowest BCUT2D eigenvalue weighted by atomic mass is 10.1. The molecule has 8 aromatic heterocycles. The molecular formula is C49H43N19O4. The molecule has 0 radical (unpaired) electrons. The quantitative estimate of drug-likeness (QED) is 0.0634. The first-order valence-electron chi connectivity index (χ1n) is 23.0. The number of amides is 4. The fourth-order valence-electron chi connectivity index (χ4n) is 8.66. The number of anilines is 6. The van der Waals surface area contributed by atoms with Gasteiger partial charge in [-0.05, 0) is 72.3 Å². The van der Waals surface area contributed by atoms with Gasteiger partial charge >= 0.3 is 12.1 Å². The van der Waals surface area contributed by atoms with Gasteiger partial charge in [0.25, 0.3) is 0 Å². The third-order valence-electron chi connectivity index (χ3n) is 12.2. The molecule has 72 heavy (non-hydrogen) atoms. The number of H-pyrrole nitrogens is 4. The summed E-state index contributed by atoms with van der Waals surface area (Å²) < 4.78 is 11.7. The molecule has 10 heterocycles. The summed E-state index contributed by atoms with van der Waals surface area (Å²) in [6, 6.07) is 27.1. The van der Waals surface area contributed by atoms with Gasteiger partial charge in [-0.3, -0.25) is 30.8 Å². The molecule has 0 bridgehead atoms. The van der Waals surface area contributed by atoms with Gasteiger partial charge in [-0.2, -0.15) is 10.2 Å². The van der Waals surface area contributed by atoms with Gasteiger partial charge in [0.15, 0.2) is 17.0 Å². The SMILES string of the molecule is O=C(Nc1ccc(-c2cc3c(N4CCOC(c5ccc(-c6cc(NC(=O)Nc7ccc(-c8nc9c(N%10CCOCC%10)ncnc9[nH]8)cc7)[nH]n6)cn5)C4)ncnc3[nH]2)cc1)Nc1cc(-c2cccnc2)n[nH]1. The Morgan fingerprint density at radius 1 is 0.611 bits per heavy atom. The lowest BCUT2D eigenvalue weighted by Crippen LogP contribution is -2.39. The highest BCUT2D eigenvalue weighted by molar-refractivity contribution is 6.00. The fourth-order valence-corrected chi connectivity index (χ4v) is 8.66. The van der Waals surface area contributed by atoms with Crippen LogP contribution in [0.15, 0.2) is 122 Å². The highest BCUT2D eigenvalue weighted by atomic mass is 16.5. The van der Waals surface area contributed by atoms with E-state index in [1.165, 1.54) is 6.33 Å². The van der Waals surface area contributed by atoms with Crippen LogP contribution in [0.1, 0.15) is 11.8 Å². The predicted molar refractivity (Wildman–Crippen MR) is 269 cm³/mol. The molecular weight excluding hydrogens is 919 g/mol. The van der Waals surface area contributed by atoms with Crippen LogP contribution in [0.5, 0.6) is 0 Å². The number of morpholine rings is 2. The molecule has 10 aromatic rings. The van der Waals surface area contributed by atoms with Crippen molar-refractivity contribution in [2.24, 2.45) is 0 Å². The summed E-state index contributed by atoms with van der Waals surface area (Å²) in [7, 11) is 0. The Morgan fingerprint density at radius 2 is 1.26 bits per heavy atom. The molecule has 1 unspecified atom stereocenters. The monoisotopic (exact) mass is 961 g/mol. The first kappa shape index (κ1) is 43.7. The molecule has 2 fully saturated rings. The summed E-state index contributed by atoms with van der Waals surface area (Å²) in [4.78, 5) is 68.6. The minimum atomic E-state index is -0.440. The first-order chi connectivity index (χ1) is 35.4. The molecule has 0 aliphatic carbocycles. The van der Waals surface area contributed by atoms with Gasteiger partial charge in [-0.15, -0.1) is 0 Å². The van der Waals surface area contributed by atoms with Crippen molar-refractivity contribution in [2.45, 2.75) is 6.10 Å². The number of benzene rings is 2. The number of carbonyl (C=O) groups excluding carboxylic acids is 2. The zero-order valence-corrected chi connectivity index (χ0v) is 38.1. The zero-order valence-electron chi connectivity index (χ0n) is 38.1. The number of aromatic nitrogens is 13. The lowest BCUT2D eigenvalue weighted by molar-refractivity contribution is 0.0369. The number of imidazole rings is 1. The average molecular weight is 962 g/mol. The van der Waals surface area contributed by atoms with Crippen LogP contribution in [0.2, 0.25) is 0 Å². The number of nitrogens with zero attached hydrogens (tertiary/aromatic N) is 11. The topological polar surface area (TPSA) is 286 Å². The van der Waals surface area contributed by atoms with Crippen molar-refractivity contribution in [3.63, 3.8) is 0 Å². The summed E-state index contributed by atoms with van der Waals surface area (Å²) in [6.07, 6.45) is 7.90. The Labute approximate surface area is 408 Å². The Hall–Kier alpha value is -9.61. The Kier molecular flexibility index (Phi) is 11.6. The number of urea groups is 2. The molecule has 0 saturated carbocycles. The molecule has 358 valence electrons. The van der Waals surface area contributed by atoms with Crippen molar-refractivity contribution >= 4 is 68.9 Å². The molecule has 1 atom stereocenters. The van der Waals surface area contributed by atoms with Gasteiger partial charge in [-0.1, -0.05) is 12.1 Å². The third-order valence-corrected chi connectivity index (χ3v) is 12.2. The van der Waals surface area contributed by atoms with Crippen LogP contribution in [0.25, 0.3) is 67.4 Å². The Balaban J connectivity index is 0.647. The molecule has 12 rings (SSSR count). The van der Waals surface area contributed by atoms with E-state index in [-0.39, 0.29) is 6.10 Å². The molecule has 23 nitrogen and oxygen atoms in total. The highest BCUT2D eigenvalue weighted by Crippen LogP contribution is 2.33. The Morgan fingerprint density at radius 3 is 1.94 bits per heavy atom. The number of carbonyl (C=O) groups is 2. The van der Waals surface area contributed by atoms with E-state index < -0.39 is 12.1 Å². The summed E-state index contributed by atoms with van der Waals surface area (Å²) >= 11 is 0. The number of hydrogen-bond acceptors (Lipinski definition) is 15. The van der Waals surface area contributed by atoms with Crippen LogP contribution in [-0.4, -0.2) is 123 Å². The van der Waals surface area contributed by atoms with E-state index in [2.05, 4.69) is 81.4 Å². The largest absolute Gasteiger partial charge is 0.378 e. The van der Waals surface area contributed by atoms with E-state index in [4.69, 9.17) is 24.4 Å². The van der Waals surface area contributed by atoms with Gasteiger partial charge in [0, 0.05) is 84.1 Å². The second-order valence-electron chi connectivity index (χ2n) is 16.9. The molecule has 2 aromatic carbocycles. The number of nitrogens with one attached hydrogen (secondary N) is 8. The predicted octanol–water partition coefficient (Wildman–Crippen LogP) is 7.23. The van der Waals surface area contributed by atoms with Crippen molar-refractivity contribution in [2.75, 3.05) is 77.1 Å². The maximum Gasteiger partial charge on any atom is 0.324 e. The van der Waals surface area contributed by atoms with E-state index in [1.807, 2.05) is 66.7 Å².